The molecule has 2 aromatic carbocycles. The van der Waals surface area contributed by atoms with E-state index in [4.69, 9.17) is 18.7 Å². The average molecular weight is 382 g/mol. The van der Waals surface area contributed by atoms with E-state index < -0.39 is 5.97 Å². The lowest BCUT2D eigenvalue weighted by atomic mass is 10.0. The highest BCUT2D eigenvalue weighted by Crippen LogP contribution is 2.26. The maximum Gasteiger partial charge on any atom is 0.342 e. The first-order valence-corrected chi connectivity index (χ1v) is 8.84. The van der Waals surface area contributed by atoms with Gasteiger partial charge in [-0.3, -0.25) is 0 Å². The second-order valence-corrected chi connectivity index (χ2v) is 6.43. The number of nitrogens with zero attached hydrogens (tertiary/aromatic N) is 2. The number of rotatable bonds is 7. The van der Waals surface area contributed by atoms with Crippen molar-refractivity contribution in [1.82, 2.24) is 10.1 Å². The zero-order valence-electron chi connectivity index (χ0n) is 16.3. The fourth-order valence-electron chi connectivity index (χ4n) is 2.62. The van der Waals surface area contributed by atoms with E-state index in [9.17, 15) is 4.79 Å². The summed E-state index contributed by atoms with van der Waals surface area (Å²) in [6.45, 7) is 4.13. The van der Waals surface area contributed by atoms with E-state index in [1.54, 1.807) is 18.2 Å². The van der Waals surface area contributed by atoms with Crippen LogP contribution in [0, 0.1) is 0 Å². The van der Waals surface area contributed by atoms with Crippen LogP contribution in [0.15, 0.2) is 47.0 Å². The molecule has 7 nitrogen and oxygen atoms in total. The second-order valence-electron chi connectivity index (χ2n) is 6.43. The zero-order valence-corrected chi connectivity index (χ0v) is 16.3. The van der Waals surface area contributed by atoms with Crippen LogP contribution in [0.1, 0.15) is 41.6 Å². The molecule has 0 spiro atoms. The van der Waals surface area contributed by atoms with Crippen molar-refractivity contribution in [3.8, 4) is 22.9 Å². The Bertz CT molecular complexity index is 948. The van der Waals surface area contributed by atoms with Crippen molar-refractivity contribution in [2.75, 3.05) is 14.2 Å². The lowest BCUT2D eigenvalue weighted by molar-refractivity contribution is 0.0426. The van der Waals surface area contributed by atoms with Gasteiger partial charge in [0.05, 0.1) is 14.2 Å². The van der Waals surface area contributed by atoms with E-state index in [1.165, 1.54) is 19.8 Å². The second kappa shape index (κ2) is 8.56. The molecule has 1 aromatic heterocycles. The van der Waals surface area contributed by atoms with Crippen molar-refractivity contribution >= 4 is 5.97 Å². The maximum absolute atomic E-state index is 12.3. The van der Waals surface area contributed by atoms with E-state index in [2.05, 4.69) is 24.0 Å². The molecule has 146 valence electrons. The van der Waals surface area contributed by atoms with Crippen LogP contribution in [0.2, 0.25) is 0 Å². The molecule has 3 aromatic rings. The van der Waals surface area contributed by atoms with Crippen LogP contribution in [-0.4, -0.2) is 30.3 Å². The van der Waals surface area contributed by atoms with Crippen LogP contribution < -0.4 is 9.47 Å². The summed E-state index contributed by atoms with van der Waals surface area (Å²) in [7, 11) is 3.01. The summed E-state index contributed by atoms with van der Waals surface area (Å²) in [6.07, 6.45) is 0. The first-order chi connectivity index (χ1) is 13.5. The molecule has 0 aliphatic carbocycles. The quantitative estimate of drug-likeness (QED) is 0.565. The van der Waals surface area contributed by atoms with Gasteiger partial charge in [0.25, 0.3) is 5.89 Å². The third kappa shape index (κ3) is 4.31. The van der Waals surface area contributed by atoms with Gasteiger partial charge in [0.2, 0.25) is 5.82 Å². The molecule has 0 saturated carbocycles. The Morgan fingerprint density at radius 2 is 1.82 bits per heavy atom. The number of hydrogen-bond acceptors (Lipinski definition) is 7. The minimum atomic E-state index is -0.555. The molecule has 0 aliphatic rings. The highest BCUT2D eigenvalue weighted by molar-refractivity contribution is 5.92. The predicted octanol–water partition coefficient (Wildman–Crippen LogP) is 4.23. The van der Waals surface area contributed by atoms with E-state index in [0.29, 0.717) is 23.2 Å². The minimum Gasteiger partial charge on any atom is -0.497 e. The van der Waals surface area contributed by atoms with Gasteiger partial charge in [-0.15, -0.1) is 0 Å². The van der Waals surface area contributed by atoms with E-state index in [0.717, 1.165) is 5.56 Å². The van der Waals surface area contributed by atoms with Crippen LogP contribution in [0.3, 0.4) is 0 Å². The number of aromatic nitrogens is 2. The lowest BCUT2D eigenvalue weighted by Gasteiger charge is -2.09. The Kier molecular flexibility index (Phi) is 5.93. The summed E-state index contributed by atoms with van der Waals surface area (Å²) in [4.78, 5) is 16.6. The Morgan fingerprint density at radius 3 is 2.46 bits per heavy atom. The third-order valence-electron chi connectivity index (χ3n) is 4.26. The highest BCUT2D eigenvalue weighted by Gasteiger charge is 2.17. The first kappa shape index (κ1) is 19.4. The summed E-state index contributed by atoms with van der Waals surface area (Å²) in [6, 6.07) is 12.8. The van der Waals surface area contributed by atoms with Crippen molar-refractivity contribution in [2.45, 2.75) is 26.4 Å². The molecule has 28 heavy (non-hydrogen) atoms. The van der Waals surface area contributed by atoms with Gasteiger partial charge in [-0.2, -0.15) is 4.98 Å². The van der Waals surface area contributed by atoms with Gasteiger partial charge in [-0.1, -0.05) is 43.3 Å². The standard InChI is InChI=1S/C21H22N2O5/c1-13(2)14-5-7-15(8-6-14)20-22-19(28-23-20)12-27-21(24)17-10-9-16(25-3)11-18(17)26-4/h5-11,13H,12H2,1-4H3. The van der Waals surface area contributed by atoms with E-state index >= 15 is 0 Å². The predicted molar refractivity (Wildman–Crippen MR) is 102 cm³/mol. The summed E-state index contributed by atoms with van der Waals surface area (Å²) in [5.41, 5.74) is 2.35. The largest absolute Gasteiger partial charge is 0.497 e. The molecule has 0 fully saturated rings. The van der Waals surface area contributed by atoms with Gasteiger partial charge in [-0.25, -0.2) is 4.79 Å². The molecular formula is C21H22N2O5. The van der Waals surface area contributed by atoms with Crippen molar-refractivity contribution < 1.29 is 23.5 Å². The highest BCUT2D eigenvalue weighted by atomic mass is 16.6. The molecule has 7 heteroatoms. The van der Waals surface area contributed by atoms with Crippen LogP contribution in [-0.2, 0) is 11.3 Å². The Labute approximate surface area is 163 Å². The van der Waals surface area contributed by atoms with Gasteiger partial charge in [0, 0.05) is 11.6 Å². The molecule has 0 unspecified atom stereocenters. The SMILES string of the molecule is COc1ccc(C(=O)OCc2nc(-c3ccc(C(C)C)cc3)no2)c(OC)c1. The van der Waals surface area contributed by atoms with Crippen LogP contribution >= 0.6 is 0 Å². The summed E-state index contributed by atoms with van der Waals surface area (Å²) in [5, 5.41) is 3.95. The number of methoxy groups -OCH3 is 2. The first-order valence-electron chi connectivity index (χ1n) is 8.84. The molecule has 0 atom stereocenters. The maximum atomic E-state index is 12.3. The molecule has 0 amide bonds. The number of esters is 1. The number of hydrogen-bond donors (Lipinski definition) is 0. The van der Waals surface area contributed by atoms with Crippen LogP contribution in [0.4, 0.5) is 0 Å². The Hall–Kier alpha value is -3.35. The van der Waals surface area contributed by atoms with E-state index in [1.807, 2.05) is 24.3 Å². The lowest BCUT2D eigenvalue weighted by Crippen LogP contribution is -2.07. The number of ether oxygens (including phenoxy) is 3. The smallest absolute Gasteiger partial charge is 0.342 e. The molecule has 1 heterocycles. The van der Waals surface area contributed by atoms with Crippen LogP contribution in [0.25, 0.3) is 11.4 Å². The molecule has 0 radical (unpaired) electrons. The fourth-order valence-corrected chi connectivity index (χ4v) is 2.62. The normalized spacial score (nSPS) is 10.8. The van der Waals surface area contributed by atoms with Crippen molar-refractivity contribution in [1.29, 1.82) is 0 Å². The van der Waals surface area contributed by atoms with Gasteiger partial charge in [0.15, 0.2) is 6.61 Å². The Morgan fingerprint density at radius 1 is 1.07 bits per heavy atom. The fraction of sp³-hybridized carbons (Fsp3) is 0.286. The van der Waals surface area contributed by atoms with Gasteiger partial charge in [0.1, 0.15) is 17.1 Å². The number of benzene rings is 2. The monoisotopic (exact) mass is 382 g/mol. The molecule has 0 aliphatic heterocycles. The minimum absolute atomic E-state index is 0.134. The third-order valence-corrected chi connectivity index (χ3v) is 4.26. The Balaban J connectivity index is 1.66. The van der Waals surface area contributed by atoms with Crippen molar-refractivity contribution in [3.63, 3.8) is 0 Å². The molecule has 3 rings (SSSR count). The van der Waals surface area contributed by atoms with Crippen molar-refractivity contribution in [3.05, 3.63) is 59.5 Å². The van der Waals surface area contributed by atoms with E-state index in [-0.39, 0.29) is 18.1 Å². The van der Waals surface area contributed by atoms with Gasteiger partial charge < -0.3 is 18.7 Å². The molecule has 0 bridgehead atoms. The zero-order chi connectivity index (χ0) is 20.1. The molecule has 0 N–H and O–H groups in total. The van der Waals surface area contributed by atoms with Gasteiger partial charge in [-0.05, 0) is 23.6 Å². The number of carbonyl (C=O) groups excluding carboxylic acids is 1. The average Bonchev–Trinajstić information content (AvgIpc) is 3.20. The topological polar surface area (TPSA) is 83.7 Å². The van der Waals surface area contributed by atoms with Crippen LogP contribution in [0.5, 0.6) is 11.5 Å². The van der Waals surface area contributed by atoms with Gasteiger partial charge >= 0.3 is 5.97 Å². The summed E-state index contributed by atoms with van der Waals surface area (Å²) < 4.78 is 20.8. The molecular weight excluding hydrogens is 360 g/mol. The molecule has 0 saturated heterocycles. The summed E-state index contributed by atoms with van der Waals surface area (Å²) >= 11 is 0. The summed E-state index contributed by atoms with van der Waals surface area (Å²) in [5.74, 6) is 1.50. The van der Waals surface area contributed by atoms with Crippen molar-refractivity contribution in [2.24, 2.45) is 0 Å². The number of carbonyl (C=O) groups is 1.